The summed E-state index contributed by atoms with van der Waals surface area (Å²) in [6.07, 6.45) is 2.22. The summed E-state index contributed by atoms with van der Waals surface area (Å²) in [5.74, 6) is 0. The Kier molecular flexibility index (Phi) is 4.62. The molecular formula is C11H16ClNO2S. The van der Waals surface area contributed by atoms with E-state index in [-0.39, 0.29) is 4.90 Å². The van der Waals surface area contributed by atoms with Crippen molar-refractivity contribution in [1.29, 1.82) is 0 Å². The first kappa shape index (κ1) is 13.3. The lowest BCUT2D eigenvalue weighted by Crippen LogP contribution is -2.15. The quantitative estimate of drug-likeness (QED) is 0.655. The molecule has 3 nitrogen and oxygen atoms in total. The number of nitrogens with two attached hydrogens (primary N) is 1. The number of hydrogen-bond donors (Lipinski definition) is 1. The molecular weight excluding hydrogens is 246 g/mol. The van der Waals surface area contributed by atoms with Gasteiger partial charge in [0, 0.05) is 5.69 Å². The van der Waals surface area contributed by atoms with Crippen LogP contribution in [0.3, 0.4) is 0 Å². The van der Waals surface area contributed by atoms with E-state index in [1.807, 2.05) is 6.92 Å². The van der Waals surface area contributed by atoms with E-state index >= 15 is 0 Å². The zero-order valence-corrected chi connectivity index (χ0v) is 10.8. The predicted molar refractivity (Wildman–Crippen MR) is 67.2 cm³/mol. The minimum absolute atomic E-state index is 0.234. The third-order valence-corrected chi connectivity index (χ3v) is 5.09. The molecule has 0 heterocycles. The minimum atomic E-state index is -3.42. The lowest BCUT2D eigenvalue weighted by Gasteiger charge is -2.10. The normalized spacial score (nSPS) is 13.6. The third kappa shape index (κ3) is 3.12. The Hall–Kier alpha value is -0.740. The maximum Gasteiger partial charge on any atom is 0.195 e. The lowest BCUT2D eigenvalue weighted by atomic mass is 10.3. The monoisotopic (exact) mass is 261 g/mol. The van der Waals surface area contributed by atoms with Crippen LogP contribution in [-0.2, 0) is 9.84 Å². The van der Waals surface area contributed by atoms with E-state index in [1.54, 1.807) is 12.1 Å². The molecule has 1 aromatic carbocycles. The highest BCUT2D eigenvalue weighted by atomic mass is 35.5. The third-order valence-electron chi connectivity index (χ3n) is 2.33. The van der Waals surface area contributed by atoms with Gasteiger partial charge in [0.1, 0.15) is 4.71 Å². The van der Waals surface area contributed by atoms with Crippen LogP contribution >= 0.6 is 11.6 Å². The number of anilines is 1. The first-order valence-corrected chi connectivity index (χ1v) is 7.20. The zero-order chi connectivity index (χ0) is 12.2. The second-order valence-corrected chi connectivity index (χ2v) is 6.58. The van der Waals surface area contributed by atoms with Crippen LogP contribution in [0.25, 0.3) is 0 Å². The van der Waals surface area contributed by atoms with E-state index in [0.29, 0.717) is 12.1 Å². The van der Waals surface area contributed by atoms with Crippen LogP contribution in [0.2, 0.25) is 0 Å². The van der Waals surface area contributed by atoms with Gasteiger partial charge in [-0.1, -0.05) is 19.8 Å². The Morgan fingerprint density at radius 1 is 1.31 bits per heavy atom. The SMILES string of the molecule is CCCCC(Cl)S(=O)(=O)c1ccc(N)cc1. The molecule has 0 aromatic heterocycles. The molecule has 90 valence electrons. The van der Waals surface area contributed by atoms with Crippen LogP contribution in [0.1, 0.15) is 26.2 Å². The lowest BCUT2D eigenvalue weighted by molar-refractivity contribution is 0.585. The molecule has 0 aliphatic rings. The smallest absolute Gasteiger partial charge is 0.195 e. The molecule has 0 aliphatic carbocycles. The van der Waals surface area contributed by atoms with Crippen molar-refractivity contribution in [2.75, 3.05) is 5.73 Å². The van der Waals surface area contributed by atoms with Crippen LogP contribution in [0.5, 0.6) is 0 Å². The van der Waals surface area contributed by atoms with Crippen LogP contribution in [0.15, 0.2) is 29.2 Å². The Labute approximate surface area is 102 Å². The van der Waals surface area contributed by atoms with Crippen molar-refractivity contribution in [3.05, 3.63) is 24.3 Å². The molecule has 16 heavy (non-hydrogen) atoms. The van der Waals surface area contributed by atoms with Crippen molar-refractivity contribution < 1.29 is 8.42 Å². The Balaban J connectivity index is 2.89. The Morgan fingerprint density at radius 2 is 1.88 bits per heavy atom. The zero-order valence-electron chi connectivity index (χ0n) is 9.19. The molecule has 0 fully saturated rings. The van der Waals surface area contributed by atoms with Gasteiger partial charge in [-0.15, -0.1) is 11.6 Å². The summed E-state index contributed by atoms with van der Waals surface area (Å²) in [4.78, 5) is 0.234. The van der Waals surface area contributed by atoms with E-state index in [1.165, 1.54) is 12.1 Å². The van der Waals surface area contributed by atoms with Gasteiger partial charge in [-0.2, -0.15) is 0 Å². The highest BCUT2D eigenvalue weighted by Crippen LogP contribution is 2.23. The minimum Gasteiger partial charge on any atom is -0.399 e. The van der Waals surface area contributed by atoms with Crippen molar-refractivity contribution in [3.63, 3.8) is 0 Å². The molecule has 1 aromatic rings. The van der Waals surface area contributed by atoms with Crippen LogP contribution in [-0.4, -0.2) is 13.1 Å². The van der Waals surface area contributed by atoms with Gasteiger partial charge in [-0.25, -0.2) is 8.42 Å². The first-order valence-electron chi connectivity index (χ1n) is 5.22. The largest absolute Gasteiger partial charge is 0.399 e. The number of halogens is 1. The summed E-state index contributed by atoms with van der Waals surface area (Å²) in [6.45, 7) is 2.00. The highest BCUT2D eigenvalue weighted by molar-refractivity contribution is 7.93. The average Bonchev–Trinajstić information content (AvgIpc) is 2.26. The summed E-state index contributed by atoms with van der Waals surface area (Å²) in [6, 6.07) is 6.12. The molecule has 1 atom stereocenters. The van der Waals surface area contributed by atoms with Crippen molar-refractivity contribution >= 4 is 27.1 Å². The van der Waals surface area contributed by atoms with Crippen molar-refractivity contribution in [2.45, 2.75) is 35.8 Å². The molecule has 0 saturated carbocycles. The molecule has 1 rings (SSSR count). The van der Waals surface area contributed by atoms with E-state index in [4.69, 9.17) is 17.3 Å². The van der Waals surface area contributed by atoms with Crippen LogP contribution in [0, 0.1) is 0 Å². The summed E-state index contributed by atoms with van der Waals surface area (Å²) >= 11 is 5.91. The van der Waals surface area contributed by atoms with Crippen molar-refractivity contribution in [2.24, 2.45) is 0 Å². The highest BCUT2D eigenvalue weighted by Gasteiger charge is 2.24. The predicted octanol–water partition coefficient (Wildman–Crippen LogP) is 2.80. The molecule has 1 unspecified atom stereocenters. The van der Waals surface area contributed by atoms with Gasteiger partial charge < -0.3 is 5.73 Å². The van der Waals surface area contributed by atoms with Gasteiger partial charge in [0.05, 0.1) is 4.90 Å². The fraction of sp³-hybridized carbons (Fsp3) is 0.455. The van der Waals surface area contributed by atoms with Crippen molar-refractivity contribution in [1.82, 2.24) is 0 Å². The molecule has 0 bridgehead atoms. The van der Waals surface area contributed by atoms with Gasteiger partial charge in [0.25, 0.3) is 0 Å². The van der Waals surface area contributed by atoms with Crippen molar-refractivity contribution in [3.8, 4) is 0 Å². The maximum absolute atomic E-state index is 12.0. The molecule has 0 amide bonds. The first-order chi connectivity index (χ1) is 7.48. The Bertz CT molecular complexity index is 428. The van der Waals surface area contributed by atoms with E-state index in [2.05, 4.69) is 0 Å². The number of benzene rings is 1. The molecule has 0 aliphatic heterocycles. The number of hydrogen-bond acceptors (Lipinski definition) is 3. The number of nitrogen functional groups attached to an aromatic ring is 1. The molecule has 0 radical (unpaired) electrons. The van der Waals surface area contributed by atoms with Gasteiger partial charge in [0.2, 0.25) is 0 Å². The fourth-order valence-corrected chi connectivity index (χ4v) is 3.08. The summed E-state index contributed by atoms with van der Waals surface area (Å²) < 4.78 is 23.1. The van der Waals surface area contributed by atoms with Gasteiger partial charge in [-0.3, -0.25) is 0 Å². The number of unbranched alkanes of at least 4 members (excludes halogenated alkanes) is 1. The van der Waals surface area contributed by atoms with Gasteiger partial charge in [-0.05, 0) is 30.7 Å². The number of sulfone groups is 1. The topological polar surface area (TPSA) is 60.2 Å². The average molecular weight is 262 g/mol. The Morgan fingerprint density at radius 3 is 2.38 bits per heavy atom. The second kappa shape index (κ2) is 5.55. The summed E-state index contributed by atoms with van der Waals surface area (Å²) in [5, 5.41) is 0. The number of rotatable bonds is 5. The summed E-state index contributed by atoms with van der Waals surface area (Å²) in [5.41, 5.74) is 6.04. The fourth-order valence-electron chi connectivity index (χ4n) is 1.32. The summed E-state index contributed by atoms with van der Waals surface area (Å²) in [7, 11) is -3.42. The number of alkyl halides is 1. The maximum atomic E-state index is 12.0. The van der Waals surface area contributed by atoms with Gasteiger partial charge >= 0.3 is 0 Å². The molecule has 0 spiro atoms. The van der Waals surface area contributed by atoms with Crippen LogP contribution < -0.4 is 5.73 Å². The van der Waals surface area contributed by atoms with E-state index < -0.39 is 14.5 Å². The molecule has 0 saturated heterocycles. The van der Waals surface area contributed by atoms with E-state index in [0.717, 1.165) is 12.8 Å². The van der Waals surface area contributed by atoms with Crippen LogP contribution in [0.4, 0.5) is 5.69 Å². The van der Waals surface area contributed by atoms with Gasteiger partial charge in [0.15, 0.2) is 9.84 Å². The molecule has 2 N–H and O–H groups in total. The molecule has 5 heteroatoms. The standard InChI is InChI=1S/C11H16ClNO2S/c1-2-3-4-11(12)16(14,15)10-7-5-9(13)6-8-10/h5-8,11H,2-4,13H2,1H3. The van der Waals surface area contributed by atoms with E-state index in [9.17, 15) is 8.42 Å². The second-order valence-electron chi connectivity index (χ2n) is 3.67.